The van der Waals surface area contributed by atoms with E-state index in [1.165, 1.54) is 0 Å². The normalized spacial score (nSPS) is 12.9. The highest BCUT2D eigenvalue weighted by Gasteiger charge is 2.26. The second kappa shape index (κ2) is 10.1. The molecular formula is C22H27ClN2O2. The highest BCUT2D eigenvalue weighted by Crippen LogP contribution is 2.14. The molecule has 4 nitrogen and oxygen atoms in total. The molecule has 144 valence electrons. The van der Waals surface area contributed by atoms with Crippen LogP contribution in [0, 0.1) is 0 Å². The van der Waals surface area contributed by atoms with Crippen LogP contribution in [0.4, 0.5) is 0 Å². The summed E-state index contributed by atoms with van der Waals surface area (Å²) in [5.74, 6) is -0.224. The monoisotopic (exact) mass is 386 g/mol. The van der Waals surface area contributed by atoms with Crippen LogP contribution in [-0.2, 0) is 22.6 Å². The molecule has 2 aromatic rings. The van der Waals surface area contributed by atoms with Gasteiger partial charge in [0, 0.05) is 17.6 Å². The van der Waals surface area contributed by atoms with E-state index < -0.39 is 6.04 Å². The number of rotatable bonds is 8. The van der Waals surface area contributed by atoms with Gasteiger partial charge in [0.15, 0.2) is 0 Å². The molecule has 2 amide bonds. The summed E-state index contributed by atoms with van der Waals surface area (Å²) in [5, 5.41) is 3.60. The van der Waals surface area contributed by atoms with Crippen LogP contribution >= 0.6 is 11.6 Å². The Morgan fingerprint density at radius 3 is 2.22 bits per heavy atom. The largest absolute Gasteiger partial charge is 0.352 e. The summed E-state index contributed by atoms with van der Waals surface area (Å²) in [5.41, 5.74) is 1.86. The highest BCUT2D eigenvalue weighted by molar-refractivity contribution is 6.30. The Balaban J connectivity index is 2.18. The van der Waals surface area contributed by atoms with Gasteiger partial charge in [-0.3, -0.25) is 9.59 Å². The number of halogens is 1. The van der Waals surface area contributed by atoms with E-state index in [9.17, 15) is 9.59 Å². The van der Waals surface area contributed by atoms with Gasteiger partial charge in [-0.15, -0.1) is 0 Å². The molecule has 0 spiro atoms. The molecule has 0 saturated carbocycles. The number of nitrogens with zero attached hydrogens (tertiary/aromatic N) is 1. The first-order chi connectivity index (χ1) is 12.9. The second-order valence-electron chi connectivity index (χ2n) is 6.80. The molecule has 0 radical (unpaired) electrons. The molecule has 2 rings (SSSR count). The third-order valence-corrected chi connectivity index (χ3v) is 4.88. The van der Waals surface area contributed by atoms with E-state index in [1.807, 2.05) is 56.3 Å². The molecule has 0 aliphatic carbocycles. The Kier molecular flexibility index (Phi) is 7.86. The minimum Gasteiger partial charge on any atom is -0.352 e. The van der Waals surface area contributed by atoms with E-state index in [0.29, 0.717) is 11.6 Å². The predicted molar refractivity (Wildman–Crippen MR) is 110 cm³/mol. The first kappa shape index (κ1) is 21.0. The van der Waals surface area contributed by atoms with Crippen molar-refractivity contribution >= 4 is 23.4 Å². The smallest absolute Gasteiger partial charge is 0.242 e. The molecule has 2 unspecified atom stereocenters. The molecule has 0 heterocycles. The minimum atomic E-state index is -0.556. The molecular weight excluding hydrogens is 360 g/mol. The van der Waals surface area contributed by atoms with E-state index in [0.717, 1.165) is 17.5 Å². The van der Waals surface area contributed by atoms with Gasteiger partial charge in [-0.1, -0.05) is 61.0 Å². The molecule has 0 saturated heterocycles. The fraction of sp³-hybridized carbons (Fsp3) is 0.364. The lowest BCUT2D eigenvalue weighted by Gasteiger charge is -2.29. The first-order valence-electron chi connectivity index (χ1n) is 9.29. The summed E-state index contributed by atoms with van der Waals surface area (Å²) in [6, 6.07) is 16.4. The molecule has 1 N–H and O–H groups in total. The van der Waals surface area contributed by atoms with E-state index in [-0.39, 0.29) is 24.3 Å². The number of carbonyl (C=O) groups excluding carboxylic acids is 2. The molecule has 2 aromatic carbocycles. The van der Waals surface area contributed by atoms with Crippen molar-refractivity contribution in [3.63, 3.8) is 0 Å². The number of carbonyl (C=O) groups is 2. The lowest BCUT2D eigenvalue weighted by molar-refractivity contribution is -0.140. The first-order valence-corrected chi connectivity index (χ1v) is 9.66. The topological polar surface area (TPSA) is 49.4 Å². The van der Waals surface area contributed by atoms with Gasteiger partial charge in [0.2, 0.25) is 11.8 Å². The van der Waals surface area contributed by atoms with Crippen LogP contribution in [0.15, 0.2) is 54.6 Å². The van der Waals surface area contributed by atoms with Gasteiger partial charge in [0.1, 0.15) is 6.04 Å². The average Bonchev–Trinajstić information content (AvgIpc) is 2.67. The zero-order chi connectivity index (χ0) is 19.8. The molecule has 0 aromatic heterocycles. The van der Waals surface area contributed by atoms with E-state index in [4.69, 9.17) is 11.6 Å². The summed E-state index contributed by atoms with van der Waals surface area (Å²) in [4.78, 5) is 27.3. The lowest BCUT2D eigenvalue weighted by atomic mass is 10.1. The molecule has 0 fully saturated rings. The Hall–Kier alpha value is -2.33. The quantitative estimate of drug-likeness (QED) is 0.738. The van der Waals surface area contributed by atoms with Crippen molar-refractivity contribution in [3.05, 3.63) is 70.7 Å². The number of hydrogen-bond acceptors (Lipinski definition) is 2. The number of amides is 2. The van der Waals surface area contributed by atoms with Gasteiger partial charge in [-0.05, 0) is 43.5 Å². The molecule has 5 heteroatoms. The van der Waals surface area contributed by atoms with Gasteiger partial charge < -0.3 is 10.2 Å². The van der Waals surface area contributed by atoms with Crippen LogP contribution in [0.5, 0.6) is 0 Å². The summed E-state index contributed by atoms with van der Waals surface area (Å²) in [7, 11) is 0. The molecule has 0 bridgehead atoms. The minimum absolute atomic E-state index is 0.0740. The van der Waals surface area contributed by atoms with Crippen LogP contribution in [0.3, 0.4) is 0 Å². The number of benzene rings is 2. The van der Waals surface area contributed by atoms with E-state index in [1.54, 1.807) is 24.0 Å². The van der Waals surface area contributed by atoms with Gasteiger partial charge in [-0.2, -0.15) is 0 Å². The molecule has 2 atom stereocenters. The van der Waals surface area contributed by atoms with Crippen LogP contribution in [0.25, 0.3) is 0 Å². The van der Waals surface area contributed by atoms with Crippen LogP contribution < -0.4 is 5.32 Å². The van der Waals surface area contributed by atoms with Gasteiger partial charge in [0.25, 0.3) is 0 Å². The average molecular weight is 387 g/mol. The Bertz CT molecular complexity index is 747. The van der Waals surface area contributed by atoms with Gasteiger partial charge >= 0.3 is 0 Å². The van der Waals surface area contributed by atoms with Crippen molar-refractivity contribution in [1.29, 1.82) is 0 Å². The third-order valence-electron chi connectivity index (χ3n) is 4.63. The Labute approximate surface area is 166 Å². The zero-order valence-electron chi connectivity index (χ0n) is 16.1. The van der Waals surface area contributed by atoms with Crippen molar-refractivity contribution in [2.75, 3.05) is 0 Å². The maximum absolute atomic E-state index is 13.0. The van der Waals surface area contributed by atoms with Crippen molar-refractivity contribution in [2.45, 2.75) is 52.2 Å². The molecule has 27 heavy (non-hydrogen) atoms. The predicted octanol–water partition coefficient (Wildman–Crippen LogP) is 4.21. The summed E-state index contributed by atoms with van der Waals surface area (Å²) in [6.45, 7) is 6.15. The molecule has 0 aliphatic heterocycles. The van der Waals surface area contributed by atoms with E-state index in [2.05, 4.69) is 5.32 Å². The zero-order valence-corrected chi connectivity index (χ0v) is 16.9. The summed E-state index contributed by atoms with van der Waals surface area (Å²) < 4.78 is 0. The third kappa shape index (κ3) is 6.40. The fourth-order valence-corrected chi connectivity index (χ4v) is 2.83. The summed E-state index contributed by atoms with van der Waals surface area (Å²) >= 11 is 5.92. The Morgan fingerprint density at radius 2 is 1.63 bits per heavy atom. The van der Waals surface area contributed by atoms with Crippen molar-refractivity contribution in [2.24, 2.45) is 0 Å². The van der Waals surface area contributed by atoms with Crippen LogP contribution in [-0.4, -0.2) is 28.8 Å². The number of nitrogens with one attached hydrogen (secondary N) is 1. The Morgan fingerprint density at radius 1 is 1.00 bits per heavy atom. The lowest BCUT2D eigenvalue weighted by Crippen LogP contribution is -2.49. The van der Waals surface area contributed by atoms with Crippen LogP contribution in [0.2, 0.25) is 5.02 Å². The maximum Gasteiger partial charge on any atom is 0.242 e. The van der Waals surface area contributed by atoms with Crippen molar-refractivity contribution in [3.8, 4) is 0 Å². The second-order valence-corrected chi connectivity index (χ2v) is 7.24. The SMILES string of the molecule is CCC(C)NC(=O)C(C)N(Cc1ccccc1)C(=O)Cc1ccc(Cl)cc1. The van der Waals surface area contributed by atoms with E-state index >= 15 is 0 Å². The summed E-state index contributed by atoms with van der Waals surface area (Å²) in [6.07, 6.45) is 1.07. The fourth-order valence-electron chi connectivity index (χ4n) is 2.71. The highest BCUT2D eigenvalue weighted by atomic mass is 35.5. The number of hydrogen-bond donors (Lipinski definition) is 1. The molecule has 0 aliphatic rings. The maximum atomic E-state index is 13.0. The van der Waals surface area contributed by atoms with Crippen molar-refractivity contribution in [1.82, 2.24) is 10.2 Å². The van der Waals surface area contributed by atoms with Gasteiger partial charge in [-0.25, -0.2) is 0 Å². The van der Waals surface area contributed by atoms with Crippen molar-refractivity contribution < 1.29 is 9.59 Å². The van der Waals surface area contributed by atoms with Gasteiger partial charge in [0.05, 0.1) is 6.42 Å². The van der Waals surface area contributed by atoms with Crippen LogP contribution in [0.1, 0.15) is 38.3 Å². The standard InChI is InChI=1S/C22H27ClN2O2/c1-4-16(2)24-22(27)17(3)25(15-19-8-6-5-7-9-19)21(26)14-18-10-12-20(23)13-11-18/h5-13,16-17H,4,14-15H2,1-3H3,(H,24,27).